The Bertz CT molecular complexity index is 525. The van der Waals surface area contributed by atoms with Crippen molar-refractivity contribution in [3.63, 3.8) is 0 Å². The number of aromatic nitrogens is 2. The third kappa shape index (κ3) is 2.85. The predicted octanol–water partition coefficient (Wildman–Crippen LogP) is 3.15. The summed E-state index contributed by atoms with van der Waals surface area (Å²) in [4.78, 5) is 0. The average molecular weight is 252 g/mol. The Hall–Kier alpha value is -1.91. The fraction of sp³-hybridized carbons (Fsp3) is 0.308. The molecule has 0 spiro atoms. The van der Waals surface area contributed by atoms with Crippen LogP contribution < -0.4 is 4.74 Å². The summed E-state index contributed by atoms with van der Waals surface area (Å²) in [5, 5.41) is 4.08. The lowest BCUT2D eigenvalue weighted by Crippen LogP contribution is -2.00. The van der Waals surface area contributed by atoms with Crippen molar-refractivity contribution < 1.29 is 13.5 Å². The molecule has 18 heavy (non-hydrogen) atoms. The maximum atomic E-state index is 13.4. The summed E-state index contributed by atoms with van der Waals surface area (Å²) in [6.07, 6.45) is 4.27. The Morgan fingerprint density at radius 3 is 2.94 bits per heavy atom. The smallest absolute Gasteiger partial charge is 0.165 e. The third-order valence-electron chi connectivity index (χ3n) is 2.49. The number of halogens is 2. The second-order valence-corrected chi connectivity index (χ2v) is 3.94. The van der Waals surface area contributed by atoms with E-state index in [-0.39, 0.29) is 12.2 Å². The van der Waals surface area contributed by atoms with E-state index >= 15 is 0 Å². The van der Waals surface area contributed by atoms with Crippen molar-refractivity contribution in [1.82, 2.24) is 9.78 Å². The molecule has 2 aromatic rings. The second kappa shape index (κ2) is 5.62. The summed E-state index contributed by atoms with van der Waals surface area (Å²) in [6.45, 7) is 2.84. The summed E-state index contributed by atoms with van der Waals surface area (Å²) in [5.74, 6) is -1.18. The van der Waals surface area contributed by atoms with E-state index in [4.69, 9.17) is 4.74 Å². The summed E-state index contributed by atoms with van der Waals surface area (Å²) < 4.78 is 33.4. The standard InChI is InChI=1S/C13H14F2N2O/c1-2-6-17-8-11(7-16-17)18-9-10-4-3-5-12(14)13(10)15/h3-5,7-8H,2,6,9H2,1H3. The lowest BCUT2D eigenvalue weighted by Gasteiger charge is -2.05. The van der Waals surface area contributed by atoms with Crippen LogP contribution in [0.25, 0.3) is 0 Å². The molecule has 0 aliphatic carbocycles. The van der Waals surface area contributed by atoms with Crippen molar-refractivity contribution >= 4 is 0 Å². The SMILES string of the molecule is CCCn1cc(OCc2cccc(F)c2F)cn1. The highest BCUT2D eigenvalue weighted by molar-refractivity contribution is 5.20. The van der Waals surface area contributed by atoms with E-state index in [1.165, 1.54) is 12.1 Å². The molecule has 5 heteroatoms. The molecule has 2 rings (SSSR count). The molecule has 0 bridgehead atoms. The van der Waals surface area contributed by atoms with Gasteiger partial charge in [-0.25, -0.2) is 8.78 Å². The van der Waals surface area contributed by atoms with Crippen LogP contribution in [0, 0.1) is 11.6 Å². The first-order chi connectivity index (χ1) is 8.70. The zero-order valence-electron chi connectivity index (χ0n) is 10.1. The minimum Gasteiger partial charge on any atom is -0.486 e. The van der Waals surface area contributed by atoms with Gasteiger partial charge in [0.1, 0.15) is 6.61 Å². The number of nitrogens with zero attached hydrogens (tertiary/aromatic N) is 2. The number of ether oxygens (including phenoxy) is 1. The Balaban J connectivity index is 2.00. The van der Waals surface area contributed by atoms with Crippen LogP contribution >= 0.6 is 0 Å². The van der Waals surface area contributed by atoms with E-state index in [9.17, 15) is 8.78 Å². The number of hydrogen-bond acceptors (Lipinski definition) is 2. The first kappa shape index (κ1) is 12.5. The first-order valence-electron chi connectivity index (χ1n) is 5.79. The van der Waals surface area contributed by atoms with Crippen LogP contribution in [0.3, 0.4) is 0 Å². The van der Waals surface area contributed by atoms with Crippen molar-refractivity contribution in [2.75, 3.05) is 0 Å². The zero-order chi connectivity index (χ0) is 13.0. The van der Waals surface area contributed by atoms with Crippen molar-refractivity contribution in [3.05, 3.63) is 47.8 Å². The van der Waals surface area contributed by atoms with Crippen LogP contribution in [-0.4, -0.2) is 9.78 Å². The zero-order valence-corrected chi connectivity index (χ0v) is 10.1. The van der Waals surface area contributed by atoms with Gasteiger partial charge in [-0.05, 0) is 12.5 Å². The molecule has 1 aromatic heterocycles. The summed E-state index contributed by atoms with van der Waals surface area (Å²) in [5.41, 5.74) is 0.193. The maximum Gasteiger partial charge on any atom is 0.165 e. The van der Waals surface area contributed by atoms with Gasteiger partial charge in [0.25, 0.3) is 0 Å². The Kier molecular flexibility index (Phi) is 3.92. The number of rotatable bonds is 5. The summed E-state index contributed by atoms with van der Waals surface area (Å²) in [7, 11) is 0. The van der Waals surface area contributed by atoms with Crippen molar-refractivity contribution in [2.45, 2.75) is 26.5 Å². The molecule has 0 unspecified atom stereocenters. The highest BCUT2D eigenvalue weighted by atomic mass is 19.2. The molecular formula is C13H14F2N2O. The monoisotopic (exact) mass is 252 g/mol. The van der Waals surface area contributed by atoms with Gasteiger partial charge in [0.2, 0.25) is 0 Å². The molecule has 0 aliphatic rings. The molecule has 1 heterocycles. The van der Waals surface area contributed by atoms with Gasteiger partial charge in [0.05, 0.1) is 12.4 Å². The molecule has 0 aliphatic heterocycles. The molecule has 0 amide bonds. The van der Waals surface area contributed by atoms with Crippen molar-refractivity contribution in [3.8, 4) is 5.75 Å². The Morgan fingerprint density at radius 1 is 1.33 bits per heavy atom. The molecule has 3 nitrogen and oxygen atoms in total. The Labute approximate surface area is 104 Å². The minimum absolute atomic E-state index is 0.0125. The normalized spacial score (nSPS) is 10.6. The first-order valence-corrected chi connectivity index (χ1v) is 5.79. The van der Waals surface area contributed by atoms with Crippen LogP contribution in [0.2, 0.25) is 0 Å². The highest BCUT2D eigenvalue weighted by Gasteiger charge is 2.08. The molecule has 0 saturated carbocycles. The molecule has 0 N–H and O–H groups in total. The lowest BCUT2D eigenvalue weighted by molar-refractivity contribution is 0.296. The van der Waals surface area contributed by atoms with E-state index in [2.05, 4.69) is 5.10 Å². The number of benzene rings is 1. The fourth-order valence-corrected chi connectivity index (χ4v) is 1.59. The molecule has 0 fully saturated rings. The highest BCUT2D eigenvalue weighted by Crippen LogP contribution is 2.15. The summed E-state index contributed by atoms with van der Waals surface area (Å²) >= 11 is 0. The van der Waals surface area contributed by atoms with Crippen molar-refractivity contribution in [1.29, 1.82) is 0 Å². The topological polar surface area (TPSA) is 27.1 Å². The minimum atomic E-state index is -0.863. The fourth-order valence-electron chi connectivity index (χ4n) is 1.59. The predicted molar refractivity (Wildman–Crippen MR) is 63.2 cm³/mol. The maximum absolute atomic E-state index is 13.4. The van der Waals surface area contributed by atoms with Crippen LogP contribution in [0.4, 0.5) is 8.78 Å². The Morgan fingerprint density at radius 2 is 2.17 bits per heavy atom. The number of aryl methyl sites for hydroxylation is 1. The average Bonchev–Trinajstić information content (AvgIpc) is 2.79. The number of hydrogen-bond donors (Lipinski definition) is 0. The molecule has 0 atom stereocenters. The van der Waals surface area contributed by atoms with E-state index in [0.29, 0.717) is 5.75 Å². The molecule has 1 aromatic carbocycles. The molecule has 0 saturated heterocycles. The molecule has 0 radical (unpaired) electrons. The molecular weight excluding hydrogens is 238 g/mol. The largest absolute Gasteiger partial charge is 0.486 e. The van der Waals surface area contributed by atoms with Crippen molar-refractivity contribution in [2.24, 2.45) is 0 Å². The van der Waals surface area contributed by atoms with Gasteiger partial charge in [-0.15, -0.1) is 0 Å². The van der Waals surface area contributed by atoms with E-state index < -0.39 is 11.6 Å². The summed E-state index contributed by atoms with van der Waals surface area (Å²) in [6, 6.07) is 4.03. The second-order valence-electron chi connectivity index (χ2n) is 3.94. The van der Waals surface area contributed by atoms with E-state index in [0.717, 1.165) is 19.0 Å². The van der Waals surface area contributed by atoms with Gasteiger partial charge in [0, 0.05) is 12.1 Å². The molecule has 96 valence electrons. The third-order valence-corrected chi connectivity index (χ3v) is 2.49. The van der Waals surface area contributed by atoms with Crippen LogP contribution in [0.5, 0.6) is 5.75 Å². The van der Waals surface area contributed by atoms with Gasteiger partial charge < -0.3 is 4.74 Å². The van der Waals surface area contributed by atoms with Gasteiger partial charge >= 0.3 is 0 Å². The quantitative estimate of drug-likeness (QED) is 0.817. The van der Waals surface area contributed by atoms with Gasteiger partial charge in [-0.1, -0.05) is 19.1 Å². The van der Waals surface area contributed by atoms with E-state index in [1.54, 1.807) is 17.1 Å². The van der Waals surface area contributed by atoms with Crippen LogP contribution in [0.15, 0.2) is 30.6 Å². The van der Waals surface area contributed by atoms with Crippen LogP contribution in [0.1, 0.15) is 18.9 Å². The van der Waals surface area contributed by atoms with Crippen LogP contribution in [-0.2, 0) is 13.2 Å². The van der Waals surface area contributed by atoms with E-state index in [1.807, 2.05) is 6.92 Å². The van der Waals surface area contributed by atoms with Gasteiger partial charge in [-0.3, -0.25) is 4.68 Å². The van der Waals surface area contributed by atoms with Gasteiger partial charge in [-0.2, -0.15) is 5.10 Å². The lowest BCUT2D eigenvalue weighted by atomic mass is 10.2. The van der Waals surface area contributed by atoms with Gasteiger partial charge in [0.15, 0.2) is 17.4 Å².